The van der Waals surface area contributed by atoms with Gasteiger partial charge in [-0.3, -0.25) is 0 Å². The maximum absolute atomic E-state index is 5.76. The summed E-state index contributed by atoms with van der Waals surface area (Å²) in [5, 5.41) is 7.90. The second-order valence-electron chi connectivity index (χ2n) is 4.98. The number of likely N-dealkylation sites (tertiary alicyclic amines) is 1. The number of methoxy groups -OCH3 is 1. The zero-order valence-electron chi connectivity index (χ0n) is 11.9. The average molecular weight is 268 g/mol. The summed E-state index contributed by atoms with van der Waals surface area (Å²) in [6.45, 7) is 7.63. The van der Waals surface area contributed by atoms with Gasteiger partial charge in [-0.15, -0.1) is 10.2 Å². The topological polar surface area (TPSA) is 52.4 Å². The van der Waals surface area contributed by atoms with Crippen LogP contribution in [0.2, 0.25) is 0 Å². The van der Waals surface area contributed by atoms with Crippen molar-refractivity contribution in [1.29, 1.82) is 0 Å². The van der Waals surface area contributed by atoms with Gasteiger partial charge >= 0.3 is 0 Å². The molecule has 19 heavy (non-hydrogen) atoms. The van der Waals surface area contributed by atoms with Crippen molar-refractivity contribution < 1.29 is 9.47 Å². The molecule has 108 valence electrons. The number of aromatic nitrogens is 3. The van der Waals surface area contributed by atoms with E-state index in [1.807, 2.05) is 6.92 Å². The maximum atomic E-state index is 5.76. The minimum Gasteiger partial charge on any atom is -0.382 e. The molecule has 1 aromatic heterocycles. The lowest BCUT2D eigenvalue weighted by molar-refractivity contribution is -0.0150. The standard InChI is InChI=1S/C13H24N4O2/c1-12-15-14-11-17(12)8-7-16-5-3-13(4-6-16)19-10-9-18-2/h11,13H,3-10H2,1-2H3. The first-order chi connectivity index (χ1) is 9.29. The van der Waals surface area contributed by atoms with Crippen molar-refractivity contribution in [2.45, 2.75) is 32.4 Å². The van der Waals surface area contributed by atoms with Gasteiger partial charge in [0.15, 0.2) is 0 Å². The minimum absolute atomic E-state index is 0.406. The Bertz CT molecular complexity index is 361. The van der Waals surface area contributed by atoms with E-state index in [-0.39, 0.29) is 0 Å². The lowest BCUT2D eigenvalue weighted by Crippen LogP contribution is -2.39. The molecule has 6 heteroatoms. The number of hydrogen-bond acceptors (Lipinski definition) is 5. The normalized spacial score (nSPS) is 18.0. The summed E-state index contributed by atoms with van der Waals surface area (Å²) >= 11 is 0. The highest BCUT2D eigenvalue weighted by molar-refractivity contribution is 4.81. The molecule has 0 saturated carbocycles. The largest absolute Gasteiger partial charge is 0.382 e. The fourth-order valence-corrected chi connectivity index (χ4v) is 2.38. The molecule has 1 aliphatic rings. The molecule has 0 aliphatic carbocycles. The summed E-state index contributed by atoms with van der Waals surface area (Å²) in [6, 6.07) is 0. The Hall–Kier alpha value is -0.980. The lowest BCUT2D eigenvalue weighted by Gasteiger charge is -2.31. The predicted octanol–water partition coefficient (Wildman–Crippen LogP) is 0.714. The van der Waals surface area contributed by atoms with E-state index in [1.54, 1.807) is 13.4 Å². The van der Waals surface area contributed by atoms with Gasteiger partial charge in [0, 0.05) is 33.3 Å². The van der Waals surface area contributed by atoms with Gasteiger partial charge in [-0.2, -0.15) is 0 Å². The van der Waals surface area contributed by atoms with Crippen molar-refractivity contribution in [2.75, 3.05) is 40.0 Å². The van der Waals surface area contributed by atoms with Crippen LogP contribution in [0.25, 0.3) is 0 Å². The summed E-state index contributed by atoms with van der Waals surface area (Å²) in [7, 11) is 1.71. The maximum Gasteiger partial charge on any atom is 0.129 e. The summed E-state index contributed by atoms with van der Waals surface area (Å²) in [5.74, 6) is 0.984. The monoisotopic (exact) mass is 268 g/mol. The molecule has 0 N–H and O–H groups in total. The van der Waals surface area contributed by atoms with Gasteiger partial charge in [-0.1, -0.05) is 0 Å². The Morgan fingerprint density at radius 3 is 2.68 bits per heavy atom. The highest BCUT2D eigenvalue weighted by Crippen LogP contribution is 2.13. The molecule has 1 fully saturated rings. The quantitative estimate of drug-likeness (QED) is 0.682. The van der Waals surface area contributed by atoms with Gasteiger partial charge in [0.25, 0.3) is 0 Å². The number of aryl methyl sites for hydroxylation is 1. The van der Waals surface area contributed by atoms with Gasteiger partial charge < -0.3 is 18.9 Å². The van der Waals surface area contributed by atoms with Crippen LogP contribution in [0.1, 0.15) is 18.7 Å². The van der Waals surface area contributed by atoms with Crippen molar-refractivity contribution in [2.24, 2.45) is 0 Å². The first kappa shape index (κ1) is 14.4. The van der Waals surface area contributed by atoms with Crippen molar-refractivity contribution in [1.82, 2.24) is 19.7 Å². The number of rotatable bonds is 7. The van der Waals surface area contributed by atoms with E-state index in [0.29, 0.717) is 19.3 Å². The number of piperidine rings is 1. The predicted molar refractivity (Wildman–Crippen MR) is 72.0 cm³/mol. The zero-order valence-corrected chi connectivity index (χ0v) is 11.9. The van der Waals surface area contributed by atoms with E-state index >= 15 is 0 Å². The fraction of sp³-hybridized carbons (Fsp3) is 0.846. The van der Waals surface area contributed by atoms with Gasteiger partial charge in [0.05, 0.1) is 19.3 Å². The molecule has 0 radical (unpaired) electrons. The highest BCUT2D eigenvalue weighted by atomic mass is 16.5. The minimum atomic E-state index is 0.406. The molecule has 1 aromatic rings. The molecule has 0 unspecified atom stereocenters. The first-order valence-corrected chi connectivity index (χ1v) is 6.97. The van der Waals surface area contributed by atoms with E-state index in [0.717, 1.165) is 44.8 Å². The summed E-state index contributed by atoms with van der Waals surface area (Å²) in [4.78, 5) is 2.48. The Kier molecular flexibility index (Phi) is 5.75. The van der Waals surface area contributed by atoms with Crippen molar-refractivity contribution >= 4 is 0 Å². The van der Waals surface area contributed by atoms with E-state index in [2.05, 4.69) is 19.7 Å². The van der Waals surface area contributed by atoms with Gasteiger partial charge in [-0.05, 0) is 19.8 Å². The molecular weight excluding hydrogens is 244 g/mol. The molecule has 0 aromatic carbocycles. The number of nitrogens with zero attached hydrogens (tertiary/aromatic N) is 4. The average Bonchev–Trinajstić information content (AvgIpc) is 2.84. The molecule has 0 atom stereocenters. The van der Waals surface area contributed by atoms with Crippen LogP contribution >= 0.6 is 0 Å². The molecule has 2 rings (SSSR count). The molecule has 0 bridgehead atoms. The van der Waals surface area contributed by atoms with Crippen LogP contribution in [0.4, 0.5) is 0 Å². The Labute approximate surface area is 114 Å². The molecule has 0 spiro atoms. The number of ether oxygens (including phenoxy) is 2. The van der Waals surface area contributed by atoms with Crippen LogP contribution in [-0.4, -0.2) is 65.7 Å². The third kappa shape index (κ3) is 4.56. The van der Waals surface area contributed by atoms with Crippen LogP contribution in [0, 0.1) is 6.92 Å². The molecule has 6 nitrogen and oxygen atoms in total. The Balaban J connectivity index is 1.62. The van der Waals surface area contributed by atoms with Gasteiger partial charge in [0.1, 0.15) is 12.2 Å². The first-order valence-electron chi connectivity index (χ1n) is 6.97. The summed E-state index contributed by atoms with van der Waals surface area (Å²) < 4.78 is 12.9. The van der Waals surface area contributed by atoms with Crippen molar-refractivity contribution in [3.05, 3.63) is 12.2 Å². The van der Waals surface area contributed by atoms with Crippen LogP contribution in [0.3, 0.4) is 0 Å². The zero-order chi connectivity index (χ0) is 13.5. The van der Waals surface area contributed by atoms with Crippen LogP contribution < -0.4 is 0 Å². The van der Waals surface area contributed by atoms with Gasteiger partial charge in [0.2, 0.25) is 0 Å². The van der Waals surface area contributed by atoms with Crippen LogP contribution in [0.5, 0.6) is 0 Å². The Morgan fingerprint density at radius 1 is 1.26 bits per heavy atom. The lowest BCUT2D eigenvalue weighted by atomic mass is 10.1. The van der Waals surface area contributed by atoms with Crippen molar-refractivity contribution in [3.63, 3.8) is 0 Å². The van der Waals surface area contributed by atoms with E-state index in [4.69, 9.17) is 9.47 Å². The molecule has 0 amide bonds. The van der Waals surface area contributed by atoms with Gasteiger partial charge in [-0.25, -0.2) is 0 Å². The second-order valence-corrected chi connectivity index (χ2v) is 4.98. The third-order valence-electron chi connectivity index (χ3n) is 3.64. The van der Waals surface area contributed by atoms with E-state index in [9.17, 15) is 0 Å². The van der Waals surface area contributed by atoms with Crippen molar-refractivity contribution in [3.8, 4) is 0 Å². The van der Waals surface area contributed by atoms with Crippen LogP contribution in [-0.2, 0) is 16.0 Å². The molecule has 1 saturated heterocycles. The fourth-order valence-electron chi connectivity index (χ4n) is 2.38. The smallest absolute Gasteiger partial charge is 0.129 e. The van der Waals surface area contributed by atoms with E-state index < -0.39 is 0 Å². The summed E-state index contributed by atoms with van der Waals surface area (Å²) in [6.07, 6.45) is 4.44. The SMILES string of the molecule is COCCOC1CCN(CCn2cnnc2C)CC1. The van der Waals surface area contributed by atoms with E-state index in [1.165, 1.54) is 0 Å². The third-order valence-corrected chi connectivity index (χ3v) is 3.64. The molecule has 2 heterocycles. The molecular formula is C13H24N4O2. The second kappa shape index (κ2) is 7.57. The Morgan fingerprint density at radius 2 is 2.05 bits per heavy atom. The van der Waals surface area contributed by atoms with Crippen LogP contribution in [0.15, 0.2) is 6.33 Å². The molecule has 1 aliphatic heterocycles. The highest BCUT2D eigenvalue weighted by Gasteiger charge is 2.19. The summed E-state index contributed by atoms with van der Waals surface area (Å²) in [5.41, 5.74) is 0. The number of hydrogen-bond donors (Lipinski definition) is 0.